The third-order valence-corrected chi connectivity index (χ3v) is 3.74. The van der Waals surface area contributed by atoms with Gasteiger partial charge in [0.2, 0.25) is 0 Å². The molecule has 0 aliphatic carbocycles. The second-order valence-corrected chi connectivity index (χ2v) is 6.43. The van der Waals surface area contributed by atoms with Gasteiger partial charge >= 0.3 is 6.09 Å². The van der Waals surface area contributed by atoms with Crippen molar-refractivity contribution in [1.29, 1.82) is 0 Å². The van der Waals surface area contributed by atoms with Crippen LogP contribution >= 0.6 is 0 Å². The Morgan fingerprint density at radius 2 is 2.17 bits per heavy atom. The average molecular weight is 256 g/mol. The molecule has 2 fully saturated rings. The first-order valence-corrected chi connectivity index (χ1v) is 6.72. The van der Waals surface area contributed by atoms with E-state index in [9.17, 15) is 9.90 Å². The number of carbonyl (C=O) groups excluding carboxylic acids is 1. The topological polar surface area (TPSA) is 61.8 Å². The molecule has 2 unspecified atom stereocenters. The van der Waals surface area contributed by atoms with Gasteiger partial charge in [0.05, 0.1) is 18.2 Å². The lowest BCUT2D eigenvalue weighted by Gasteiger charge is -2.46. The molecular weight excluding hydrogens is 232 g/mol. The number of aliphatic hydroxyl groups is 1. The van der Waals surface area contributed by atoms with E-state index in [-0.39, 0.29) is 11.6 Å². The number of nitrogens with zero attached hydrogens (tertiary/aromatic N) is 1. The smallest absolute Gasteiger partial charge is 0.410 e. The van der Waals surface area contributed by atoms with Gasteiger partial charge in [0, 0.05) is 6.54 Å². The summed E-state index contributed by atoms with van der Waals surface area (Å²) in [7, 11) is 0. The fourth-order valence-corrected chi connectivity index (χ4v) is 2.83. The molecule has 2 N–H and O–H groups in total. The van der Waals surface area contributed by atoms with Gasteiger partial charge in [-0.3, -0.25) is 4.90 Å². The number of carbonyl (C=O) groups is 1. The molecule has 0 bridgehead atoms. The van der Waals surface area contributed by atoms with Gasteiger partial charge in [-0.1, -0.05) is 0 Å². The average Bonchev–Trinajstić information content (AvgIpc) is 2.69. The van der Waals surface area contributed by atoms with Crippen molar-refractivity contribution in [3.8, 4) is 0 Å². The summed E-state index contributed by atoms with van der Waals surface area (Å²) in [5.74, 6) is 0. The summed E-state index contributed by atoms with van der Waals surface area (Å²) >= 11 is 0. The molecule has 5 nitrogen and oxygen atoms in total. The number of hydrogen-bond acceptors (Lipinski definition) is 4. The molecule has 0 radical (unpaired) electrons. The van der Waals surface area contributed by atoms with Crippen LogP contribution in [0.2, 0.25) is 0 Å². The fraction of sp³-hybridized carbons (Fsp3) is 0.923. The maximum absolute atomic E-state index is 12.3. The van der Waals surface area contributed by atoms with Gasteiger partial charge in [-0.05, 0) is 46.6 Å². The van der Waals surface area contributed by atoms with E-state index in [1.807, 2.05) is 20.8 Å². The minimum atomic E-state index is -0.493. The highest BCUT2D eigenvalue weighted by Gasteiger charge is 2.47. The Balaban J connectivity index is 2.13. The molecule has 0 aromatic carbocycles. The number of likely N-dealkylation sites (tertiary alicyclic amines) is 1. The molecule has 0 aromatic rings. The number of ether oxygens (including phenoxy) is 1. The zero-order valence-corrected chi connectivity index (χ0v) is 11.5. The first-order chi connectivity index (χ1) is 8.32. The van der Waals surface area contributed by atoms with Crippen LogP contribution in [-0.2, 0) is 4.74 Å². The lowest BCUT2D eigenvalue weighted by molar-refractivity contribution is -0.0388. The van der Waals surface area contributed by atoms with Gasteiger partial charge in [0.1, 0.15) is 5.60 Å². The first-order valence-electron chi connectivity index (χ1n) is 6.72. The minimum Gasteiger partial charge on any atom is -0.444 e. The predicted octanol–water partition coefficient (Wildman–Crippen LogP) is 1.11. The number of β-amino-alcohol motifs (C(OH)–C–C–N with tert-alkyl or cyclic N) is 1. The van der Waals surface area contributed by atoms with Crippen LogP contribution in [-0.4, -0.2) is 53.0 Å². The van der Waals surface area contributed by atoms with E-state index in [0.29, 0.717) is 6.54 Å². The van der Waals surface area contributed by atoms with Crippen molar-refractivity contribution in [2.75, 3.05) is 19.6 Å². The number of rotatable bonds is 0. The molecule has 2 aliphatic heterocycles. The van der Waals surface area contributed by atoms with Crippen LogP contribution < -0.4 is 5.32 Å². The van der Waals surface area contributed by atoms with Crippen molar-refractivity contribution in [3.05, 3.63) is 0 Å². The molecule has 0 saturated carbocycles. The van der Waals surface area contributed by atoms with E-state index in [0.717, 1.165) is 32.4 Å². The van der Waals surface area contributed by atoms with Crippen molar-refractivity contribution in [2.24, 2.45) is 0 Å². The largest absolute Gasteiger partial charge is 0.444 e. The van der Waals surface area contributed by atoms with Gasteiger partial charge in [-0.2, -0.15) is 0 Å². The molecule has 2 atom stereocenters. The van der Waals surface area contributed by atoms with E-state index in [1.54, 1.807) is 4.90 Å². The summed E-state index contributed by atoms with van der Waals surface area (Å²) in [6.07, 6.45) is 1.83. The second kappa shape index (κ2) is 4.70. The molecule has 0 aromatic heterocycles. The molecule has 2 aliphatic rings. The van der Waals surface area contributed by atoms with Crippen LogP contribution in [0.4, 0.5) is 4.79 Å². The van der Waals surface area contributed by atoms with Crippen LogP contribution in [0.1, 0.15) is 40.0 Å². The van der Waals surface area contributed by atoms with Gasteiger partial charge in [-0.25, -0.2) is 4.79 Å². The summed E-state index contributed by atoms with van der Waals surface area (Å²) in [4.78, 5) is 14.0. The second-order valence-electron chi connectivity index (χ2n) is 6.43. The molecular formula is C13H24N2O3. The highest BCUT2D eigenvalue weighted by Crippen LogP contribution is 2.34. The Morgan fingerprint density at radius 3 is 2.72 bits per heavy atom. The molecule has 5 heteroatoms. The number of piperidine rings is 1. The number of amides is 1. The predicted molar refractivity (Wildman–Crippen MR) is 68.4 cm³/mol. The molecule has 1 amide bonds. The van der Waals surface area contributed by atoms with E-state index in [1.165, 1.54) is 0 Å². The molecule has 2 rings (SSSR count). The highest BCUT2D eigenvalue weighted by molar-refractivity contribution is 5.69. The summed E-state index contributed by atoms with van der Waals surface area (Å²) in [5, 5.41) is 13.1. The Bertz CT molecular complexity index is 319. The van der Waals surface area contributed by atoms with E-state index >= 15 is 0 Å². The molecule has 2 saturated heterocycles. The van der Waals surface area contributed by atoms with E-state index in [4.69, 9.17) is 4.74 Å². The summed E-state index contributed by atoms with van der Waals surface area (Å²) in [5.41, 5.74) is -0.645. The SMILES string of the molecule is CC(C)(C)OC(=O)N1CC(O)CCC12CCNC2. The quantitative estimate of drug-likeness (QED) is 0.681. The zero-order chi connectivity index (χ0) is 13.4. The normalized spacial score (nSPS) is 32.9. The lowest BCUT2D eigenvalue weighted by Crippen LogP contribution is -2.59. The first kappa shape index (κ1) is 13.6. The van der Waals surface area contributed by atoms with Crippen molar-refractivity contribution in [2.45, 2.75) is 57.3 Å². The lowest BCUT2D eigenvalue weighted by atomic mass is 9.85. The van der Waals surface area contributed by atoms with Crippen LogP contribution in [0.15, 0.2) is 0 Å². The maximum atomic E-state index is 12.3. The van der Waals surface area contributed by atoms with Crippen molar-refractivity contribution >= 4 is 6.09 Å². The van der Waals surface area contributed by atoms with Crippen LogP contribution in [0.5, 0.6) is 0 Å². The van der Waals surface area contributed by atoms with E-state index < -0.39 is 11.7 Å². The standard InChI is InChI=1S/C13H24N2O3/c1-12(2,3)18-11(17)15-8-10(16)4-5-13(15)6-7-14-9-13/h10,14,16H,4-9H2,1-3H3. The minimum absolute atomic E-state index is 0.151. The number of nitrogens with one attached hydrogen (secondary N) is 1. The van der Waals surface area contributed by atoms with Gasteiger partial charge in [0.25, 0.3) is 0 Å². The van der Waals surface area contributed by atoms with Gasteiger partial charge in [0.15, 0.2) is 0 Å². The zero-order valence-electron chi connectivity index (χ0n) is 11.5. The van der Waals surface area contributed by atoms with Crippen LogP contribution in [0, 0.1) is 0 Å². The highest BCUT2D eigenvalue weighted by atomic mass is 16.6. The van der Waals surface area contributed by atoms with Crippen LogP contribution in [0.3, 0.4) is 0 Å². The number of aliphatic hydroxyl groups excluding tert-OH is 1. The van der Waals surface area contributed by atoms with E-state index in [2.05, 4.69) is 5.32 Å². The van der Waals surface area contributed by atoms with Crippen LogP contribution in [0.25, 0.3) is 0 Å². The van der Waals surface area contributed by atoms with Crippen molar-refractivity contribution in [3.63, 3.8) is 0 Å². The molecule has 1 spiro atoms. The van der Waals surface area contributed by atoms with Crippen molar-refractivity contribution in [1.82, 2.24) is 10.2 Å². The Hall–Kier alpha value is -0.810. The molecule has 18 heavy (non-hydrogen) atoms. The Kier molecular flexibility index (Phi) is 3.56. The van der Waals surface area contributed by atoms with Crippen molar-refractivity contribution < 1.29 is 14.6 Å². The monoisotopic (exact) mass is 256 g/mol. The van der Waals surface area contributed by atoms with Gasteiger partial charge in [-0.15, -0.1) is 0 Å². The fourth-order valence-electron chi connectivity index (χ4n) is 2.83. The summed E-state index contributed by atoms with van der Waals surface area (Å²) in [6, 6.07) is 0. The third-order valence-electron chi connectivity index (χ3n) is 3.74. The maximum Gasteiger partial charge on any atom is 0.410 e. The molecule has 2 heterocycles. The summed E-state index contributed by atoms with van der Waals surface area (Å²) < 4.78 is 5.46. The number of hydrogen-bond donors (Lipinski definition) is 2. The van der Waals surface area contributed by atoms with Gasteiger partial charge < -0.3 is 15.2 Å². The molecule has 104 valence electrons. The summed E-state index contributed by atoms with van der Waals surface area (Å²) in [6.45, 7) is 7.71. The Morgan fingerprint density at radius 1 is 1.44 bits per heavy atom. The Labute approximate surface area is 108 Å². The third kappa shape index (κ3) is 2.78.